The van der Waals surface area contributed by atoms with Gasteiger partial charge in [0.25, 0.3) is 11.5 Å². The number of benzene rings is 1. The molecule has 0 bridgehead atoms. The maximum Gasteiger partial charge on any atom is 0.288 e. The van der Waals surface area contributed by atoms with Gasteiger partial charge >= 0.3 is 0 Å². The molecule has 0 radical (unpaired) electrons. The molecule has 3 aliphatic rings. The third kappa shape index (κ3) is 5.79. The van der Waals surface area contributed by atoms with E-state index in [1.807, 2.05) is 24.3 Å². The van der Waals surface area contributed by atoms with Crippen molar-refractivity contribution in [1.29, 1.82) is 0 Å². The number of nitrogens with one attached hydrogen (secondary N) is 3. The van der Waals surface area contributed by atoms with Crippen molar-refractivity contribution in [3.8, 4) is 0 Å². The van der Waals surface area contributed by atoms with Gasteiger partial charge in [-0.25, -0.2) is 5.10 Å². The normalized spacial score (nSPS) is 22.4. The minimum absolute atomic E-state index is 0.000742. The standard InChI is InChI=1S/C27H38N8O2/c1-27(2,3)19-9-7-18(8-10-19)25(36)28-20-6-5-11-34(16-20)24-15-22(26(37)31-30-24)29-23-14-21-17-33(4)12-13-35(21)32-23/h7-10,15,20-21H,5-6,11-14,16-17H2,1-4H3,(H,28,36)(H,31,37)(H,29,30,32)/t20-,21?/m1/s1. The Kier molecular flexibility index (Phi) is 6.94. The number of fused-ring (bicyclic) bond motifs is 1. The molecule has 0 spiro atoms. The lowest BCUT2D eigenvalue weighted by Crippen LogP contribution is -2.48. The van der Waals surface area contributed by atoms with Crippen LogP contribution in [0, 0.1) is 0 Å². The van der Waals surface area contributed by atoms with Gasteiger partial charge in [-0.3, -0.25) is 14.6 Å². The summed E-state index contributed by atoms with van der Waals surface area (Å²) in [7, 11) is 2.12. The molecule has 3 N–H and O–H groups in total. The Balaban J connectivity index is 1.22. The molecule has 0 saturated carbocycles. The number of aromatic amines is 1. The molecule has 5 rings (SSSR count). The van der Waals surface area contributed by atoms with E-state index in [-0.39, 0.29) is 22.9 Å². The summed E-state index contributed by atoms with van der Waals surface area (Å²) in [5.41, 5.74) is 2.09. The quantitative estimate of drug-likeness (QED) is 0.583. The number of anilines is 2. The molecule has 37 heavy (non-hydrogen) atoms. The van der Waals surface area contributed by atoms with Crippen LogP contribution in [0.3, 0.4) is 0 Å². The number of carbonyl (C=O) groups excluding carboxylic acids is 1. The van der Waals surface area contributed by atoms with Crippen LogP contribution in [-0.2, 0) is 5.41 Å². The Labute approximate surface area is 218 Å². The van der Waals surface area contributed by atoms with Gasteiger partial charge in [0.2, 0.25) is 0 Å². The molecule has 1 amide bonds. The maximum atomic E-state index is 12.9. The van der Waals surface area contributed by atoms with E-state index >= 15 is 0 Å². The van der Waals surface area contributed by atoms with Crippen molar-refractivity contribution in [1.82, 2.24) is 25.4 Å². The van der Waals surface area contributed by atoms with E-state index in [0.717, 1.165) is 51.3 Å². The highest BCUT2D eigenvalue weighted by molar-refractivity contribution is 5.97. The monoisotopic (exact) mass is 506 g/mol. The molecule has 2 saturated heterocycles. The highest BCUT2D eigenvalue weighted by Crippen LogP contribution is 2.24. The van der Waals surface area contributed by atoms with E-state index in [0.29, 0.717) is 29.7 Å². The number of aromatic nitrogens is 2. The maximum absolute atomic E-state index is 12.9. The van der Waals surface area contributed by atoms with Gasteiger partial charge < -0.3 is 20.4 Å². The zero-order valence-corrected chi connectivity index (χ0v) is 22.3. The summed E-state index contributed by atoms with van der Waals surface area (Å²) in [6.45, 7) is 10.8. The molecule has 2 fully saturated rings. The largest absolute Gasteiger partial charge is 0.353 e. The Morgan fingerprint density at radius 1 is 1.11 bits per heavy atom. The number of hydrogen-bond acceptors (Lipinski definition) is 8. The SMILES string of the molecule is CN1CCN2N=C(Nc3cc(N4CCC[C@@H](NC(=O)c5ccc(C(C)(C)C)cc5)C4)n[nH]c3=O)CC2C1. The van der Waals surface area contributed by atoms with E-state index in [9.17, 15) is 9.59 Å². The van der Waals surface area contributed by atoms with Crippen LogP contribution in [-0.4, -0.2) is 83.7 Å². The average molecular weight is 507 g/mol. The Bertz CT molecular complexity index is 1220. The van der Waals surface area contributed by atoms with Crippen molar-refractivity contribution in [2.24, 2.45) is 5.10 Å². The highest BCUT2D eigenvalue weighted by atomic mass is 16.1. The highest BCUT2D eigenvalue weighted by Gasteiger charge is 2.31. The molecule has 3 aliphatic heterocycles. The summed E-state index contributed by atoms with van der Waals surface area (Å²) in [5.74, 6) is 1.43. The van der Waals surface area contributed by atoms with Crippen LogP contribution in [0.1, 0.15) is 56.0 Å². The van der Waals surface area contributed by atoms with Crippen LogP contribution in [0.15, 0.2) is 40.2 Å². The first-order valence-electron chi connectivity index (χ1n) is 13.2. The molecule has 1 unspecified atom stereocenters. The summed E-state index contributed by atoms with van der Waals surface area (Å²) in [6.07, 6.45) is 2.61. The lowest BCUT2D eigenvalue weighted by molar-refractivity contribution is 0.0933. The summed E-state index contributed by atoms with van der Waals surface area (Å²) in [6, 6.07) is 9.99. The second-order valence-electron chi connectivity index (χ2n) is 11.5. The van der Waals surface area contributed by atoms with Gasteiger partial charge in [0, 0.05) is 56.8 Å². The first kappa shape index (κ1) is 25.3. The third-order valence-corrected chi connectivity index (χ3v) is 7.50. The first-order valence-corrected chi connectivity index (χ1v) is 13.2. The summed E-state index contributed by atoms with van der Waals surface area (Å²) < 4.78 is 0. The summed E-state index contributed by atoms with van der Waals surface area (Å²) >= 11 is 0. The van der Waals surface area contributed by atoms with Crippen molar-refractivity contribution in [3.05, 3.63) is 51.8 Å². The minimum Gasteiger partial charge on any atom is -0.353 e. The first-order chi connectivity index (χ1) is 17.7. The number of piperazine rings is 1. The lowest BCUT2D eigenvalue weighted by Gasteiger charge is -2.34. The number of amidine groups is 1. The van der Waals surface area contributed by atoms with Gasteiger partial charge in [0.15, 0.2) is 5.82 Å². The number of hydrazone groups is 1. The second kappa shape index (κ2) is 10.2. The molecule has 0 aliphatic carbocycles. The fourth-order valence-corrected chi connectivity index (χ4v) is 5.30. The molecule has 10 nitrogen and oxygen atoms in total. The minimum atomic E-state index is -0.269. The van der Waals surface area contributed by atoms with Crippen LogP contribution in [0.4, 0.5) is 11.5 Å². The predicted octanol–water partition coefficient (Wildman–Crippen LogP) is 2.21. The number of rotatable bonds is 4. The molecule has 4 heterocycles. The number of likely N-dealkylation sites (N-methyl/N-ethyl adjacent to an activating group) is 1. The number of carbonyl (C=O) groups is 1. The van der Waals surface area contributed by atoms with Crippen molar-refractivity contribution in [2.45, 2.75) is 57.5 Å². The third-order valence-electron chi connectivity index (χ3n) is 7.50. The fourth-order valence-electron chi connectivity index (χ4n) is 5.30. The average Bonchev–Trinajstić information content (AvgIpc) is 3.26. The number of amides is 1. The predicted molar refractivity (Wildman–Crippen MR) is 146 cm³/mol. The zero-order valence-electron chi connectivity index (χ0n) is 22.3. The van der Waals surface area contributed by atoms with Crippen molar-refractivity contribution in [3.63, 3.8) is 0 Å². The van der Waals surface area contributed by atoms with Crippen molar-refractivity contribution < 1.29 is 4.79 Å². The Morgan fingerprint density at radius 2 is 1.89 bits per heavy atom. The Morgan fingerprint density at radius 3 is 2.65 bits per heavy atom. The smallest absolute Gasteiger partial charge is 0.288 e. The van der Waals surface area contributed by atoms with E-state index in [2.05, 4.69) is 63.5 Å². The summed E-state index contributed by atoms with van der Waals surface area (Å²) in [5, 5.41) is 20.2. The van der Waals surface area contributed by atoms with Gasteiger partial charge in [-0.1, -0.05) is 32.9 Å². The van der Waals surface area contributed by atoms with Crippen molar-refractivity contribution >= 4 is 23.2 Å². The molecule has 198 valence electrons. The van der Waals surface area contributed by atoms with Gasteiger partial charge in [-0.05, 0) is 43.0 Å². The van der Waals surface area contributed by atoms with Gasteiger partial charge in [-0.15, -0.1) is 0 Å². The molecular weight excluding hydrogens is 468 g/mol. The van der Waals surface area contributed by atoms with E-state index in [1.54, 1.807) is 6.07 Å². The lowest BCUT2D eigenvalue weighted by atomic mass is 9.86. The fraction of sp³-hybridized carbons (Fsp3) is 0.556. The molecule has 2 aromatic rings. The van der Waals surface area contributed by atoms with Crippen LogP contribution < -0.4 is 21.1 Å². The van der Waals surface area contributed by atoms with Gasteiger partial charge in [0.05, 0.1) is 6.04 Å². The molecule has 10 heteroatoms. The molecular formula is C27H38N8O2. The topological polar surface area (TPSA) is 109 Å². The number of H-pyrrole nitrogens is 1. The van der Waals surface area contributed by atoms with Gasteiger partial charge in [0.1, 0.15) is 11.5 Å². The van der Waals surface area contributed by atoms with Crippen LogP contribution >= 0.6 is 0 Å². The summed E-state index contributed by atoms with van der Waals surface area (Å²) in [4.78, 5) is 29.9. The van der Waals surface area contributed by atoms with E-state index in [4.69, 9.17) is 5.10 Å². The van der Waals surface area contributed by atoms with Crippen molar-refractivity contribution in [2.75, 3.05) is 50.0 Å². The number of hydrogen-bond donors (Lipinski definition) is 3. The number of piperidine rings is 1. The second-order valence-corrected chi connectivity index (χ2v) is 11.5. The van der Waals surface area contributed by atoms with Crippen LogP contribution in [0.2, 0.25) is 0 Å². The van der Waals surface area contributed by atoms with Crippen LogP contribution in [0.25, 0.3) is 0 Å². The zero-order chi connectivity index (χ0) is 26.2. The van der Waals surface area contributed by atoms with Gasteiger partial charge in [-0.2, -0.15) is 10.2 Å². The number of nitrogens with zero attached hydrogens (tertiary/aromatic N) is 5. The molecule has 2 atom stereocenters. The van der Waals surface area contributed by atoms with E-state index < -0.39 is 0 Å². The molecule has 1 aromatic heterocycles. The van der Waals surface area contributed by atoms with E-state index in [1.165, 1.54) is 5.56 Å². The van der Waals surface area contributed by atoms with Crippen LogP contribution in [0.5, 0.6) is 0 Å². The molecule has 1 aromatic carbocycles. The Hall–Kier alpha value is -3.40.